The van der Waals surface area contributed by atoms with Gasteiger partial charge in [0.05, 0.1) is 25.5 Å². The second-order valence-corrected chi connectivity index (χ2v) is 12.7. The third-order valence-corrected chi connectivity index (χ3v) is 7.70. The van der Waals surface area contributed by atoms with Crippen molar-refractivity contribution in [3.8, 4) is 11.3 Å². The van der Waals surface area contributed by atoms with Crippen LogP contribution in [0.1, 0.15) is 84.3 Å². The van der Waals surface area contributed by atoms with Crippen LogP contribution in [0.2, 0.25) is 0 Å². The lowest BCUT2D eigenvalue weighted by Crippen LogP contribution is -2.42. The summed E-state index contributed by atoms with van der Waals surface area (Å²) in [6.45, 7) is 6.98. The van der Waals surface area contributed by atoms with Gasteiger partial charge in [-0.25, -0.2) is 19.2 Å². The predicted octanol–water partition coefficient (Wildman–Crippen LogP) is 4.09. The summed E-state index contributed by atoms with van der Waals surface area (Å²) in [6, 6.07) is 0.466. The first-order chi connectivity index (χ1) is 20.1. The Morgan fingerprint density at radius 2 is 1.79 bits per heavy atom. The molecule has 2 aliphatic carbocycles. The van der Waals surface area contributed by atoms with Gasteiger partial charge in [-0.3, -0.25) is 9.48 Å². The van der Waals surface area contributed by atoms with Crippen molar-refractivity contribution in [2.75, 3.05) is 25.0 Å². The highest BCUT2D eigenvalue weighted by Crippen LogP contribution is 2.36. The Kier molecular flexibility index (Phi) is 11.1. The molecule has 0 aromatic carbocycles. The van der Waals surface area contributed by atoms with Crippen LogP contribution in [0, 0.1) is 11.7 Å². The summed E-state index contributed by atoms with van der Waals surface area (Å²) in [4.78, 5) is 32.6. The molecule has 2 aromatic rings. The number of alkyl carbamates (subject to hydrolysis) is 1. The lowest BCUT2D eigenvalue weighted by Gasteiger charge is -2.29. The number of carbonyl (C=O) groups excluding carboxylic acids is 2. The van der Waals surface area contributed by atoms with Crippen molar-refractivity contribution >= 4 is 17.9 Å². The highest BCUT2D eigenvalue weighted by Gasteiger charge is 2.27. The molecule has 12 heteroatoms. The summed E-state index contributed by atoms with van der Waals surface area (Å²) in [5.74, 6) is 0.636. The molecular formula is C30H47FN8O3. The molecule has 42 heavy (non-hydrogen) atoms. The van der Waals surface area contributed by atoms with Gasteiger partial charge in [-0.15, -0.1) is 0 Å². The van der Waals surface area contributed by atoms with E-state index in [1.54, 1.807) is 6.20 Å². The van der Waals surface area contributed by atoms with Crippen molar-refractivity contribution in [2.24, 2.45) is 13.0 Å². The first kappa shape index (κ1) is 31.7. The maximum atomic E-state index is 14.7. The Bertz CT molecular complexity index is 1190. The van der Waals surface area contributed by atoms with Crippen molar-refractivity contribution in [1.82, 2.24) is 35.7 Å². The maximum Gasteiger partial charge on any atom is 0.407 e. The molecule has 2 aliphatic rings. The SMILES string of the molecule is Cn1ncc(-c2nc(NC3CCC(NCC(=O)NCCCCCOC(=O)NC(C)(C)C)CC3)ncc2F)c1CC1CC1. The summed E-state index contributed by atoms with van der Waals surface area (Å²) in [5.41, 5.74) is 1.75. The van der Waals surface area contributed by atoms with Crippen LogP contribution in [0.25, 0.3) is 11.3 Å². The van der Waals surface area contributed by atoms with E-state index in [0.29, 0.717) is 30.7 Å². The van der Waals surface area contributed by atoms with Crippen molar-refractivity contribution in [3.63, 3.8) is 0 Å². The van der Waals surface area contributed by atoms with Gasteiger partial charge >= 0.3 is 6.09 Å². The second-order valence-electron chi connectivity index (χ2n) is 12.7. The first-order valence-corrected chi connectivity index (χ1v) is 15.3. The van der Waals surface area contributed by atoms with E-state index in [4.69, 9.17) is 4.74 Å². The molecule has 4 rings (SSSR count). The fourth-order valence-electron chi connectivity index (χ4n) is 5.19. The molecule has 0 spiro atoms. The normalized spacial score (nSPS) is 18.9. The fraction of sp³-hybridized carbons (Fsp3) is 0.700. The Hall–Kier alpha value is -3.28. The van der Waals surface area contributed by atoms with Gasteiger partial charge in [-0.1, -0.05) is 0 Å². The van der Waals surface area contributed by atoms with E-state index in [2.05, 4.69) is 36.3 Å². The van der Waals surface area contributed by atoms with E-state index in [1.807, 2.05) is 32.5 Å². The Balaban J connectivity index is 1.10. The number of nitrogens with one attached hydrogen (secondary N) is 4. The summed E-state index contributed by atoms with van der Waals surface area (Å²) >= 11 is 0. The summed E-state index contributed by atoms with van der Waals surface area (Å²) < 4.78 is 21.7. The smallest absolute Gasteiger partial charge is 0.407 e. The number of aryl methyl sites for hydroxylation is 1. The molecule has 0 atom stereocenters. The minimum Gasteiger partial charge on any atom is -0.450 e. The zero-order valence-corrected chi connectivity index (χ0v) is 25.5. The molecule has 11 nitrogen and oxygen atoms in total. The fourth-order valence-corrected chi connectivity index (χ4v) is 5.19. The van der Waals surface area contributed by atoms with E-state index in [1.165, 1.54) is 19.0 Å². The van der Waals surface area contributed by atoms with Gasteiger partial charge in [-0.05, 0) is 90.9 Å². The van der Waals surface area contributed by atoms with Crippen LogP contribution in [0.5, 0.6) is 0 Å². The zero-order valence-electron chi connectivity index (χ0n) is 25.5. The van der Waals surface area contributed by atoms with Gasteiger partial charge in [0, 0.05) is 42.5 Å². The lowest BCUT2D eigenvalue weighted by atomic mass is 9.91. The zero-order chi connectivity index (χ0) is 30.1. The minimum atomic E-state index is -0.438. The third-order valence-electron chi connectivity index (χ3n) is 7.70. The summed E-state index contributed by atoms with van der Waals surface area (Å²) in [5, 5.41) is 16.8. The number of halogens is 1. The average Bonchev–Trinajstić information content (AvgIpc) is 3.69. The average molecular weight is 587 g/mol. The van der Waals surface area contributed by atoms with E-state index in [0.717, 1.165) is 62.6 Å². The number of hydrogen-bond donors (Lipinski definition) is 4. The predicted molar refractivity (Wildman–Crippen MR) is 159 cm³/mol. The maximum absolute atomic E-state index is 14.7. The van der Waals surface area contributed by atoms with Crippen LogP contribution in [0.15, 0.2) is 12.4 Å². The van der Waals surface area contributed by atoms with Gasteiger partial charge in [0.15, 0.2) is 5.82 Å². The number of amides is 2. The highest BCUT2D eigenvalue weighted by molar-refractivity contribution is 5.78. The number of hydrogen-bond acceptors (Lipinski definition) is 8. The summed E-state index contributed by atoms with van der Waals surface area (Å²) in [6.07, 6.45) is 12.0. The molecule has 0 radical (unpaired) electrons. The first-order valence-electron chi connectivity index (χ1n) is 15.3. The van der Waals surface area contributed by atoms with Crippen LogP contribution >= 0.6 is 0 Å². The number of rotatable bonds is 14. The highest BCUT2D eigenvalue weighted by atomic mass is 19.1. The van der Waals surface area contributed by atoms with Crippen LogP contribution in [0.3, 0.4) is 0 Å². The minimum absolute atomic E-state index is 0.0141. The van der Waals surface area contributed by atoms with Gasteiger partial charge in [0.1, 0.15) is 5.69 Å². The molecule has 2 saturated carbocycles. The lowest BCUT2D eigenvalue weighted by molar-refractivity contribution is -0.120. The second kappa shape index (κ2) is 14.8. The largest absolute Gasteiger partial charge is 0.450 e. The number of anilines is 1. The van der Waals surface area contributed by atoms with E-state index < -0.39 is 11.9 Å². The monoisotopic (exact) mass is 586 g/mol. The van der Waals surface area contributed by atoms with Crippen molar-refractivity contribution < 1.29 is 18.7 Å². The molecular weight excluding hydrogens is 539 g/mol. The van der Waals surface area contributed by atoms with E-state index >= 15 is 0 Å². The van der Waals surface area contributed by atoms with Crippen molar-refractivity contribution in [2.45, 2.75) is 103 Å². The molecule has 0 bridgehead atoms. The van der Waals surface area contributed by atoms with Gasteiger partial charge in [0.2, 0.25) is 11.9 Å². The molecule has 2 fully saturated rings. The molecule has 2 amide bonds. The Morgan fingerprint density at radius 3 is 2.50 bits per heavy atom. The number of nitrogens with zero attached hydrogens (tertiary/aromatic N) is 4. The van der Waals surface area contributed by atoms with Gasteiger partial charge < -0.3 is 26.0 Å². The number of carbonyl (C=O) groups is 2. The van der Waals surface area contributed by atoms with Gasteiger partial charge in [0.25, 0.3) is 0 Å². The molecule has 232 valence electrons. The molecule has 2 heterocycles. The molecule has 0 aliphatic heterocycles. The number of ether oxygens (including phenoxy) is 1. The standard InChI is InChI=1S/C30H47FN8O3/c1-30(2,3)38-29(41)42-15-7-5-6-14-32-26(40)19-33-21-10-12-22(13-11-21)36-28-34-18-24(31)27(37-28)23-17-35-39(4)25(23)16-20-8-9-20/h17-18,20-22,33H,5-16,19H2,1-4H3,(H,32,40)(H,38,41)(H,34,36,37). The van der Waals surface area contributed by atoms with Crippen LogP contribution in [-0.4, -0.2) is 69.1 Å². The molecule has 2 aromatic heterocycles. The number of unbranched alkanes of at least 4 members (excludes halogenated alkanes) is 2. The van der Waals surface area contributed by atoms with Crippen LogP contribution in [-0.2, 0) is 23.0 Å². The van der Waals surface area contributed by atoms with Crippen molar-refractivity contribution in [1.29, 1.82) is 0 Å². The third kappa shape index (κ3) is 10.2. The molecule has 4 N–H and O–H groups in total. The summed E-state index contributed by atoms with van der Waals surface area (Å²) in [7, 11) is 1.90. The van der Waals surface area contributed by atoms with Crippen LogP contribution in [0.4, 0.5) is 15.1 Å². The Labute approximate surface area is 248 Å². The van der Waals surface area contributed by atoms with Crippen LogP contribution < -0.4 is 21.3 Å². The molecule has 0 unspecified atom stereocenters. The van der Waals surface area contributed by atoms with Gasteiger partial charge in [-0.2, -0.15) is 5.10 Å². The number of aromatic nitrogens is 4. The topological polar surface area (TPSA) is 135 Å². The van der Waals surface area contributed by atoms with E-state index in [-0.39, 0.29) is 30.1 Å². The van der Waals surface area contributed by atoms with Crippen molar-refractivity contribution in [3.05, 3.63) is 23.9 Å². The molecule has 0 saturated heterocycles. The Morgan fingerprint density at radius 1 is 1.05 bits per heavy atom. The quantitative estimate of drug-likeness (QED) is 0.243. The van der Waals surface area contributed by atoms with E-state index in [9.17, 15) is 14.0 Å².